The number of amides is 1. The van der Waals surface area contributed by atoms with Gasteiger partial charge >= 0.3 is 11.3 Å². The molecule has 1 aliphatic rings. The highest BCUT2D eigenvalue weighted by molar-refractivity contribution is 6.32. The van der Waals surface area contributed by atoms with E-state index in [1.807, 2.05) is 30.3 Å². The third-order valence-corrected chi connectivity index (χ3v) is 3.88. The van der Waals surface area contributed by atoms with Crippen molar-refractivity contribution in [2.45, 2.75) is 43.4 Å². The van der Waals surface area contributed by atoms with Crippen molar-refractivity contribution in [1.29, 1.82) is 0 Å². The van der Waals surface area contributed by atoms with Crippen LogP contribution in [0.15, 0.2) is 30.3 Å². The standard InChI is InChI=1S/C16H20ClF2NO3/c1-11(20-15(21)16(17,18)19)14(12-5-3-2-4-6-12)23-13-7-9-22-10-8-13/h2-6,11,13-14H,7-10H2,1H3,(H,20,21)/t11-,14-/m0/s1. The van der Waals surface area contributed by atoms with E-state index in [-0.39, 0.29) is 6.10 Å². The number of carbonyl (C=O) groups is 1. The third kappa shape index (κ3) is 5.41. The summed E-state index contributed by atoms with van der Waals surface area (Å²) >= 11 is 4.77. The molecule has 0 radical (unpaired) electrons. The van der Waals surface area contributed by atoms with Crippen molar-refractivity contribution in [3.63, 3.8) is 0 Å². The maximum atomic E-state index is 12.9. The van der Waals surface area contributed by atoms with Gasteiger partial charge in [0.05, 0.1) is 12.1 Å². The highest BCUT2D eigenvalue weighted by atomic mass is 35.5. The molecule has 1 aromatic carbocycles. The molecule has 1 N–H and O–H groups in total. The van der Waals surface area contributed by atoms with E-state index in [0.717, 1.165) is 18.4 Å². The van der Waals surface area contributed by atoms with Gasteiger partial charge in [0.2, 0.25) is 0 Å². The van der Waals surface area contributed by atoms with Gasteiger partial charge < -0.3 is 14.8 Å². The van der Waals surface area contributed by atoms with E-state index in [2.05, 4.69) is 5.32 Å². The number of ether oxygens (including phenoxy) is 2. The van der Waals surface area contributed by atoms with Crippen LogP contribution in [0.25, 0.3) is 0 Å². The predicted octanol–water partition coefficient (Wildman–Crippen LogP) is 3.26. The largest absolute Gasteiger partial charge is 0.399 e. The zero-order valence-corrected chi connectivity index (χ0v) is 13.6. The molecule has 1 aromatic rings. The second kappa shape index (κ2) is 8.04. The highest BCUT2D eigenvalue weighted by Crippen LogP contribution is 2.27. The van der Waals surface area contributed by atoms with E-state index in [0.29, 0.717) is 13.2 Å². The molecule has 7 heteroatoms. The van der Waals surface area contributed by atoms with Gasteiger partial charge in [-0.1, -0.05) is 30.3 Å². The fourth-order valence-electron chi connectivity index (χ4n) is 2.51. The summed E-state index contributed by atoms with van der Waals surface area (Å²) in [6.45, 7) is 2.83. The minimum Gasteiger partial charge on any atom is -0.381 e. The number of hydrogen-bond acceptors (Lipinski definition) is 3. The minimum atomic E-state index is -3.94. The number of carbonyl (C=O) groups excluding carboxylic acids is 1. The fraction of sp³-hybridized carbons (Fsp3) is 0.562. The van der Waals surface area contributed by atoms with E-state index in [4.69, 9.17) is 21.1 Å². The first-order valence-electron chi connectivity index (χ1n) is 7.54. The van der Waals surface area contributed by atoms with Gasteiger partial charge in [0.15, 0.2) is 0 Å². The Labute approximate surface area is 139 Å². The molecule has 0 spiro atoms. The van der Waals surface area contributed by atoms with Gasteiger partial charge in [-0.05, 0) is 36.9 Å². The Kier molecular flexibility index (Phi) is 6.33. The second-order valence-electron chi connectivity index (χ2n) is 5.54. The maximum absolute atomic E-state index is 12.9. The molecule has 4 nitrogen and oxygen atoms in total. The fourth-order valence-corrected chi connectivity index (χ4v) is 2.57. The molecule has 1 fully saturated rings. The molecule has 0 aromatic heterocycles. The monoisotopic (exact) mass is 347 g/mol. The molecule has 1 heterocycles. The lowest BCUT2D eigenvalue weighted by Gasteiger charge is -2.32. The minimum absolute atomic E-state index is 0.0372. The van der Waals surface area contributed by atoms with Crippen LogP contribution < -0.4 is 5.32 Å². The molecule has 0 bridgehead atoms. The number of benzene rings is 1. The Balaban J connectivity index is 2.10. The van der Waals surface area contributed by atoms with Crippen LogP contribution in [0.5, 0.6) is 0 Å². The lowest BCUT2D eigenvalue weighted by atomic mass is 10.0. The van der Waals surface area contributed by atoms with Crippen molar-refractivity contribution in [1.82, 2.24) is 5.32 Å². The van der Waals surface area contributed by atoms with E-state index in [9.17, 15) is 13.6 Å². The summed E-state index contributed by atoms with van der Waals surface area (Å²) in [6.07, 6.45) is 0.887. The maximum Gasteiger partial charge on any atom is 0.399 e. The van der Waals surface area contributed by atoms with Crippen LogP contribution in [0, 0.1) is 0 Å². The number of nitrogens with one attached hydrogen (secondary N) is 1. The Bertz CT molecular complexity index is 504. The summed E-state index contributed by atoms with van der Waals surface area (Å²) in [6, 6.07) is 8.54. The summed E-state index contributed by atoms with van der Waals surface area (Å²) in [4.78, 5) is 11.4. The highest BCUT2D eigenvalue weighted by Gasteiger charge is 2.38. The zero-order valence-electron chi connectivity index (χ0n) is 12.8. The summed E-state index contributed by atoms with van der Waals surface area (Å²) < 4.78 is 37.2. The van der Waals surface area contributed by atoms with Crippen LogP contribution in [0.3, 0.4) is 0 Å². The van der Waals surface area contributed by atoms with Crippen molar-refractivity contribution >= 4 is 17.5 Å². The summed E-state index contributed by atoms with van der Waals surface area (Å²) in [5.41, 5.74) is 0.810. The van der Waals surface area contributed by atoms with Crippen LogP contribution >= 0.6 is 11.6 Å². The van der Waals surface area contributed by atoms with E-state index in [1.165, 1.54) is 0 Å². The topological polar surface area (TPSA) is 47.6 Å². The average molecular weight is 348 g/mol. The van der Waals surface area contributed by atoms with Crippen molar-refractivity contribution in [2.75, 3.05) is 13.2 Å². The van der Waals surface area contributed by atoms with E-state index in [1.54, 1.807) is 6.92 Å². The summed E-state index contributed by atoms with van der Waals surface area (Å²) in [5.74, 6) is -1.52. The predicted molar refractivity (Wildman–Crippen MR) is 82.5 cm³/mol. The number of halogens is 3. The van der Waals surface area contributed by atoms with Crippen molar-refractivity contribution in [3.8, 4) is 0 Å². The van der Waals surface area contributed by atoms with Crippen LogP contribution in [0.1, 0.15) is 31.4 Å². The van der Waals surface area contributed by atoms with Crippen LogP contribution in [-0.2, 0) is 14.3 Å². The SMILES string of the molecule is C[C@H](NC(=O)C(F)(F)Cl)[C@H](OC1CCOCC1)c1ccccc1. The Hall–Kier alpha value is -1.24. The lowest BCUT2D eigenvalue weighted by Crippen LogP contribution is -2.45. The van der Waals surface area contributed by atoms with Gasteiger partial charge in [0, 0.05) is 13.2 Å². The van der Waals surface area contributed by atoms with Crippen LogP contribution in [0.4, 0.5) is 8.78 Å². The van der Waals surface area contributed by atoms with Crippen LogP contribution in [0.2, 0.25) is 0 Å². The molecule has 2 rings (SSSR count). The Morgan fingerprint density at radius 1 is 1.35 bits per heavy atom. The molecule has 0 unspecified atom stereocenters. The molecule has 1 saturated heterocycles. The smallest absolute Gasteiger partial charge is 0.381 e. The molecule has 0 aliphatic carbocycles. The molecule has 0 saturated carbocycles. The van der Waals surface area contributed by atoms with E-state index >= 15 is 0 Å². The summed E-state index contributed by atoms with van der Waals surface area (Å²) in [7, 11) is 0. The molecule has 1 aliphatic heterocycles. The van der Waals surface area contributed by atoms with Crippen molar-refractivity contribution in [3.05, 3.63) is 35.9 Å². The molecule has 2 atom stereocenters. The Morgan fingerprint density at radius 2 is 1.96 bits per heavy atom. The second-order valence-corrected chi connectivity index (χ2v) is 6.01. The first-order valence-corrected chi connectivity index (χ1v) is 7.91. The van der Waals surface area contributed by atoms with Gasteiger partial charge in [-0.15, -0.1) is 0 Å². The molecule has 23 heavy (non-hydrogen) atoms. The molecular weight excluding hydrogens is 328 g/mol. The number of rotatable bonds is 6. The normalized spacial score (nSPS) is 19.1. The van der Waals surface area contributed by atoms with Gasteiger partial charge in [0.1, 0.15) is 6.10 Å². The lowest BCUT2D eigenvalue weighted by molar-refractivity contribution is -0.139. The van der Waals surface area contributed by atoms with Gasteiger partial charge in [-0.25, -0.2) is 0 Å². The molecule has 1 amide bonds. The molecular formula is C16H20ClF2NO3. The van der Waals surface area contributed by atoms with Gasteiger partial charge in [-0.2, -0.15) is 8.78 Å². The molecule has 128 valence electrons. The van der Waals surface area contributed by atoms with Crippen LogP contribution in [-0.4, -0.2) is 36.6 Å². The first kappa shape index (κ1) is 18.1. The Morgan fingerprint density at radius 3 is 2.52 bits per heavy atom. The quantitative estimate of drug-likeness (QED) is 0.803. The number of alkyl halides is 3. The third-order valence-electron chi connectivity index (χ3n) is 3.71. The van der Waals surface area contributed by atoms with Crippen molar-refractivity contribution in [2.24, 2.45) is 0 Å². The van der Waals surface area contributed by atoms with Gasteiger partial charge in [0.25, 0.3) is 0 Å². The zero-order chi connectivity index (χ0) is 16.9. The van der Waals surface area contributed by atoms with Gasteiger partial charge in [-0.3, -0.25) is 4.79 Å². The van der Waals surface area contributed by atoms with Crippen molar-refractivity contribution < 1.29 is 23.0 Å². The first-order chi connectivity index (χ1) is 10.9. The average Bonchev–Trinajstić information content (AvgIpc) is 2.53. The summed E-state index contributed by atoms with van der Waals surface area (Å²) in [5, 5.41) is -1.71. The van der Waals surface area contributed by atoms with E-state index < -0.39 is 23.4 Å². The number of hydrogen-bond donors (Lipinski definition) is 1.